The molecule has 6 heteroatoms. The summed E-state index contributed by atoms with van der Waals surface area (Å²) in [4.78, 5) is 18.6. The molecule has 3 rings (SSSR count). The number of urea groups is 1. The van der Waals surface area contributed by atoms with E-state index in [9.17, 15) is 9.18 Å². The molecule has 26 heavy (non-hydrogen) atoms. The maximum absolute atomic E-state index is 14.7. The predicted octanol–water partition coefficient (Wildman–Crippen LogP) is 3.76. The zero-order chi connectivity index (χ0) is 18.5. The molecule has 1 N–H and O–H groups in total. The maximum Gasteiger partial charge on any atom is 0.321 e. The molecule has 0 unspecified atom stereocenters. The molecule has 1 aromatic rings. The van der Waals surface area contributed by atoms with Gasteiger partial charge in [0.05, 0.1) is 5.69 Å². The Kier molecular flexibility index (Phi) is 6.35. The van der Waals surface area contributed by atoms with Crippen LogP contribution in [-0.4, -0.2) is 62.1 Å². The van der Waals surface area contributed by atoms with Crippen LogP contribution in [0, 0.1) is 5.82 Å². The number of hydrogen-bond donors (Lipinski definition) is 1. The summed E-state index contributed by atoms with van der Waals surface area (Å²) in [5.41, 5.74) is 1.14. The summed E-state index contributed by atoms with van der Waals surface area (Å²) in [5.74, 6) is -0.272. The number of carbonyl (C=O) groups excluding carboxylic acids is 1. The molecule has 1 heterocycles. The average molecular weight is 362 g/mol. The van der Waals surface area contributed by atoms with E-state index in [2.05, 4.69) is 22.2 Å². The number of carbonyl (C=O) groups is 1. The van der Waals surface area contributed by atoms with Crippen molar-refractivity contribution in [2.24, 2.45) is 0 Å². The minimum Gasteiger partial charge on any atom is -0.369 e. The highest BCUT2D eigenvalue weighted by Gasteiger charge is 2.21. The van der Waals surface area contributed by atoms with Gasteiger partial charge >= 0.3 is 6.03 Å². The molecule has 1 aliphatic carbocycles. The van der Waals surface area contributed by atoms with Crippen molar-refractivity contribution >= 4 is 17.4 Å². The van der Waals surface area contributed by atoms with E-state index >= 15 is 0 Å². The molecule has 0 aromatic heterocycles. The van der Waals surface area contributed by atoms with Gasteiger partial charge < -0.3 is 20.0 Å². The lowest BCUT2D eigenvalue weighted by Crippen LogP contribution is -2.37. The standard InChI is InChI=1S/C20H31FN4O/c1-23-11-6-12-25(14-13-23)20(26)22-16-9-10-19(18(21)15-16)24(2)17-7-4-3-5-8-17/h9-10,15,17H,3-8,11-14H2,1-2H3,(H,22,26). The second kappa shape index (κ2) is 8.71. The molecule has 2 aliphatic rings. The number of amides is 2. The van der Waals surface area contributed by atoms with Gasteiger partial charge in [-0.15, -0.1) is 0 Å². The van der Waals surface area contributed by atoms with Gasteiger partial charge in [0.1, 0.15) is 5.82 Å². The van der Waals surface area contributed by atoms with Crippen LogP contribution in [0.4, 0.5) is 20.6 Å². The summed E-state index contributed by atoms with van der Waals surface area (Å²) in [5, 5.41) is 2.85. The normalized spacial score (nSPS) is 19.9. The van der Waals surface area contributed by atoms with E-state index in [0.717, 1.165) is 38.9 Å². The van der Waals surface area contributed by atoms with Gasteiger partial charge in [-0.3, -0.25) is 0 Å². The Morgan fingerprint density at radius 1 is 1.12 bits per heavy atom. The molecular formula is C20H31FN4O. The van der Waals surface area contributed by atoms with Crippen LogP contribution in [0.1, 0.15) is 38.5 Å². The fourth-order valence-electron chi connectivity index (χ4n) is 3.99. The minimum absolute atomic E-state index is 0.145. The van der Waals surface area contributed by atoms with Gasteiger partial charge in [-0.25, -0.2) is 9.18 Å². The van der Waals surface area contributed by atoms with Gasteiger partial charge in [0.2, 0.25) is 0 Å². The topological polar surface area (TPSA) is 38.8 Å². The van der Waals surface area contributed by atoms with Crippen molar-refractivity contribution in [2.45, 2.75) is 44.6 Å². The number of nitrogens with one attached hydrogen (secondary N) is 1. The Morgan fingerprint density at radius 3 is 2.62 bits per heavy atom. The fourth-order valence-corrected chi connectivity index (χ4v) is 3.99. The molecule has 0 spiro atoms. The monoisotopic (exact) mass is 362 g/mol. The molecule has 5 nitrogen and oxygen atoms in total. The number of nitrogens with zero attached hydrogens (tertiary/aromatic N) is 3. The first-order valence-electron chi connectivity index (χ1n) is 9.81. The van der Waals surface area contributed by atoms with Crippen LogP contribution in [0.25, 0.3) is 0 Å². The molecule has 144 valence electrons. The molecule has 2 fully saturated rings. The predicted molar refractivity (Wildman–Crippen MR) is 104 cm³/mol. The fraction of sp³-hybridized carbons (Fsp3) is 0.650. The largest absolute Gasteiger partial charge is 0.369 e. The zero-order valence-corrected chi connectivity index (χ0v) is 16.0. The van der Waals surface area contributed by atoms with Gasteiger partial charge in [-0.1, -0.05) is 19.3 Å². The Bertz CT molecular complexity index is 618. The lowest BCUT2D eigenvalue weighted by atomic mass is 9.94. The van der Waals surface area contributed by atoms with Crippen LogP contribution in [-0.2, 0) is 0 Å². The summed E-state index contributed by atoms with van der Waals surface area (Å²) in [6.07, 6.45) is 6.93. The van der Waals surface area contributed by atoms with Crippen molar-refractivity contribution in [3.8, 4) is 0 Å². The van der Waals surface area contributed by atoms with E-state index in [0.29, 0.717) is 24.0 Å². The number of halogens is 1. The third kappa shape index (κ3) is 4.67. The summed E-state index contributed by atoms with van der Waals surface area (Å²) >= 11 is 0. The first-order valence-corrected chi connectivity index (χ1v) is 9.81. The van der Waals surface area contributed by atoms with Crippen LogP contribution in [0.3, 0.4) is 0 Å². The highest BCUT2D eigenvalue weighted by Crippen LogP contribution is 2.29. The first-order chi connectivity index (χ1) is 12.5. The number of anilines is 2. The number of benzene rings is 1. The highest BCUT2D eigenvalue weighted by molar-refractivity contribution is 5.89. The summed E-state index contributed by atoms with van der Waals surface area (Å²) in [6.45, 7) is 3.31. The van der Waals surface area contributed by atoms with Crippen LogP contribution in [0.5, 0.6) is 0 Å². The molecule has 2 amide bonds. The molecule has 1 aliphatic heterocycles. The maximum atomic E-state index is 14.7. The van der Waals surface area contributed by atoms with Crippen LogP contribution in [0.2, 0.25) is 0 Å². The Hall–Kier alpha value is -1.82. The van der Waals surface area contributed by atoms with Crippen molar-refractivity contribution in [3.63, 3.8) is 0 Å². The molecule has 1 saturated heterocycles. The van der Waals surface area contributed by atoms with Crippen molar-refractivity contribution in [3.05, 3.63) is 24.0 Å². The van der Waals surface area contributed by atoms with E-state index in [1.807, 2.05) is 11.9 Å². The molecule has 0 atom stereocenters. The molecule has 0 bridgehead atoms. The third-order valence-electron chi connectivity index (χ3n) is 5.71. The zero-order valence-electron chi connectivity index (χ0n) is 16.0. The van der Waals surface area contributed by atoms with E-state index in [4.69, 9.17) is 0 Å². The summed E-state index contributed by atoms with van der Waals surface area (Å²) < 4.78 is 14.7. The lowest BCUT2D eigenvalue weighted by Gasteiger charge is -2.33. The average Bonchev–Trinajstić information content (AvgIpc) is 2.87. The van der Waals surface area contributed by atoms with Gasteiger partial charge in [0, 0.05) is 38.4 Å². The van der Waals surface area contributed by atoms with Crippen molar-refractivity contribution in [1.29, 1.82) is 0 Å². The van der Waals surface area contributed by atoms with E-state index in [-0.39, 0.29) is 11.8 Å². The van der Waals surface area contributed by atoms with Crippen molar-refractivity contribution < 1.29 is 9.18 Å². The quantitative estimate of drug-likeness (QED) is 0.890. The van der Waals surface area contributed by atoms with Crippen LogP contribution >= 0.6 is 0 Å². The summed E-state index contributed by atoms with van der Waals surface area (Å²) in [7, 11) is 4.04. The first kappa shape index (κ1) is 19.0. The van der Waals surface area contributed by atoms with E-state index in [1.165, 1.54) is 25.3 Å². The minimum atomic E-state index is -0.272. The smallest absolute Gasteiger partial charge is 0.321 e. The Labute approximate surface area is 156 Å². The second-order valence-electron chi connectivity index (χ2n) is 7.64. The highest BCUT2D eigenvalue weighted by atomic mass is 19.1. The lowest BCUT2D eigenvalue weighted by molar-refractivity contribution is 0.213. The second-order valence-corrected chi connectivity index (χ2v) is 7.64. The molecule has 1 aromatic carbocycles. The van der Waals surface area contributed by atoms with Crippen LogP contribution < -0.4 is 10.2 Å². The Morgan fingerprint density at radius 2 is 1.88 bits per heavy atom. The number of likely N-dealkylation sites (N-methyl/N-ethyl adjacent to an activating group) is 1. The van der Waals surface area contributed by atoms with E-state index in [1.54, 1.807) is 12.1 Å². The van der Waals surface area contributed by atoms with Gasteiger partial charge in [-0.05, 0) is 51.1 Å². The SMILES string of the molecule is CN1CCCN(C(=O)Nc2ccc(N(C)C3CCCCC3)c(F)c2)CC1. The number of rotatable bonds is 3. The molecular weight excluding hydrogens is 331 g/mol. The van der Waals surface area contributed by atoms with E-state index < -0.39 is 0 Å². The Balaban J connectivity index is 1.62. The molecule has 0 radical (unpaired) electrons. The number of hydrogen-bond acceptors (Lipinski definition) is 3. The van der Waals surface area contributed by atoms with Gasteiger partial charge in [0.25, 0.3) is 0 Å². The van der Waals surface area contributed by atoms with Crippen LogP contribution in [0.15, 0.2) is 18.2 Å². The third-order valence-corrected chi connectivity index (χ3v) is 5.71. The van der Waals surface area contributed by atoms with Gasteiger partial charge in [-0.2, -0.15) is 0 Å². The van der Waals surface area contributed by atoms with Crippen molar-refractivity contribution in [2.75, 3.05) is 50.5 Å². The summed E-state index contributed by atoms with van der Waals surface area (Å²) in [6, 6.07) is 5.30. The van der Waals surface area contributed by atoms with Crippen molar-refractivity contribution in [1.82, 2.24) is 9.80 Å². The molecule has 1 saturated carbocycles. The van der Waals surface area contributed by atoms with Gasteiger partial charge in [0.15, 0.2) is 0 Å².